The predicted molar refractivity (Wildman–Crippen MR) is 65.1 cm³/mol. The minimum Gasteiger partial charge on any atom is -0.488 e. The van der Waals surface area contributed by atoms with Crippen molar-refractivity contribution in [3.05, 3.63) is 51.7 Å². The third-order valence-electron chi connectivity index (χ3n) is 2.55. The van der Waals surface area contributed by atoms with E-state index in [-0.39, 0.29) is 18.2 Å². The number of ether oxygens (including phenoxy) is 1. The molecule has 114 valence electrons. The summed E-state index contributed by atoms with van der Waals surface area (Å²) in [5.74, 6) is 0.394. The van der Waals surface area contributed by atoms with Crippen molar-refractivity contribution in [3.8, 4) is 5.75 Å². The second-order valence-electron chi connectivity index (χ2n) is 4.16. The van der Waals surface area contributed by atoms with Gasteiger partial charge in [-0.3, -0.25) is 0 Å². The van der Waals surface area contributed by atoms with Crippen LogP contribution >= 0.6 is 11.3 Å². The van der Waals surface area contributed by atoms with E-state index in [4.69, 9.17) is 4.74 Å². The summed E-state index contributed by atoms with van der Waals surface area (Å²) in [6.45, 7) is -0.371. The highest BCUT2D eigenvalue weighted by atomic mass is 32.1. The number of hydrogen-bond donors (Lipinski definition) is 0. The Labute approximate surface area is 119 Å². The van der Waals surface area contributed by atoms with Gasteiger partial charge in [-0.15, -0.1) is 11.3 Å². The van der Waals surface area contributed by atoms with Gasteiger partial charge in [0, 0.05) is 5.38 Å². The molecule has 0 fully saturated rings. The van der Waals surface area contributed by atoms with Crippen molar-refractivity contribution in [1.82, 2.24) is 0 Å². The Balaban J connectivity index is 2.31. The summed E-state index contributed by atoms with van der Waals surface area (Å²) in [6, 6.07) is 2.97. The molecule has 0 aliphatic heterocycles. The molecule has 0 saturated heterocycles. The summed E-state index contributed by atoms with van der Waals surface area (Å²) < 4.78 is 81.0. The summed E-state index contributed by atoms with van der Waals surface area (Å²) in [5, 5.41) is 3.28. The van der Waals surface area contributed by atoms with Crippen LogP contribution in [-0.2, 0) is 19.0 Å². The van der Waals surface area contributed by atoms with Crippen molar-refractivity contribution < 1.29 is 31.1 Å². The van der Waals surface area contributed by atoms with Crippen LogP contribution in [0, 0.1) is 0 Å². The van der Waals surface area contributed by atoms with Crippen LogP contribution in [0.4, 0.5) is 26.3 Å². The predicted octanol–water partition coefficient (Wildman–Crippen LogP) is 5.36. The smallest absolute Gasteiger partial charge is 0.416 e. The summed E-state index contributed by atoms with van der Waals surface area (Å²) in [7, 11) is 0. The maximum absolute atomic E-state index is 12.6. The fraction of sp³-hybridized carbons (Fsp3) is 0.231. The van der Waals surface area contributed by atoms with Gasteiger partial charge in [0.2, 0.25) is 0 Å². The molecule has 1 aromatic heterocycles. The Bertz CT molecular complexity index is 568. The average molecular weight is 326 g/mol. The molecule has 0 spiro atoms. The molecule has 0 bridgehead atoms. The van der Waals surface area contributed by atoms with E-state index >= 15 is 0 Å². The number of halogens is 6. The van der Waals surface area contributed by atoms with Crippen LogP contribution in [0.3, 0.4) is 0 Å². The Hall–Kier alpha value is -1.70. The highest BCUT2D eigenvalue weighted by molar-refractivity contribution is 7.08. The fourth-order valence-corrected chi connectivity index (χ4v) is 2.18. The van der Waals surface area contributed by atoms with Gasteiger partial charge in [0.15, 0.2) is 0 Å². The van der Waals surface area contributed by atoms with E-state index in [9.17, 15) is 26.3 Å². The van der Waals surface area contributed by atoms with Gasteiger partial charge >= 0.3 is 12.4 Å². The van der Waals surface area contributed by atoms with Gasteiger partial charge in [-0.2, -0.15) is 26.3 Å². The number of rotatable bonds is 3. The van der Waals surface area contributed by atoms with Crippen LogP contribution in [0.15, 0.2) is 35.0 Å². The van der Waals surface area contributed by atoms with Crippen LogP contribution < -0.4 is 4.74 Å². The first-order chi connectivity index (χ1) is 9.66. The minimum absolute atomic E-state index is 0.0914. The molecular weight excluding hydrogens is 318 g/mol. The lowest BCUT2D eigenvalue weighted by Gasteiger charge is -2.14. The molecule has 0 N–H and O–H groups in total. The first-order valence-corrected chi connectivity index (χ1v) is 6.54. The van der Waals surface area contributed by atoms with Gasteiger partial charge in [0.1, 0.15) is 12.4 Å². The van der Waals surface area contributed by atoms with Crippen LogP contribution in [0.1, 0.15) is 16.7 Å². The van der Waals surface area contributed by atoms with E-state index in [0.717, 1.165) is 0 Å². The second kappa shape index (κ2) is 5.59. The summed E-state index contributed by atoms with van der Waals surface area (Å²) in [5.41, 5.74) is -2.88. The van der Waals surface area contributed by atoms with Crippen molar-refractivity contribution in [2.24, 2.45) is 0 Å². The monoisotopic (exact) mass is 326 g/mol. The Morgan fingerprint density at radius 2 is 1.48 bits per heavy atom. The van der Waals surface area contributed by atoms with E-state index in [1.807, 2.05) is 0 Å². The van der Waals surface area contributed by atoms with Crippen molar-refractivity contribution in [2.75, 3.05) is 0 Å². The topological polar surface area (TPSA) is 9.23 Å². The van der Waals surface area contributed by atoms with E-state index < -0.39 is 23.5 Å². The largest absolute Gasteiger partial charge is 0.488 e. The standard InChI is InChI=1S/C13H8F6OS/c14-12(15,16)9-3-8(4-10(5-9)13(17,18)19)6-20-11-1-2-21-7-11/h1-5,7H,6H2. The maximum atomic E-state index is 12.6. The van der Waals surface area contributed by atoms with Gasteiger partial charge in [-0.1, -0.05) is 0 Å². The highest BCUT2D eigenvalue weighted by Crippen LogP contribution is 2.36. The second-order valence-corrected chi connectivity index (χ2v) is 4.94. The maximum Gasteiger partial charge on any atom is 0.416 e. The van der Waals surface area contributed by atoms with Crippen molar-refractivity contribution in [3.63, 3.8) is 0 Å². The van der Waals surface area contributed by atoms with Gasteiger partial charge < -0.3 is 4.74 Å². The number of alkyl halides is 6. The summed E-state index contributed by atoms with van der Waals surface area (Å²) in [4.78, 5) is 0. The minimum atomic E-state index is -4.85. The number of hydrogen-bond acceptors (Lipinski definition) is 2. The summed E-state index contributed by atoms with van der Waals surface area (Å²) >= 11 is 1.30. The highest BCUT2D eigenvalue weighted by Gasteiger charge is 2.36. The molecule has 21 heavy (non-hydrogen) atoms. The molecule has 0 radical (unpaired) electrons. The molecule has 0 aliphatic carbocycles. The van der Waals surface area contributed by atoms with E-state index in [2.05, 4.69) is 0 Å². The molecule has 0 aliphatic rings. The van der Waals surface area contributed by atoms with Gasteiger partial charge in [0.05, 0.1) is 11.1 Å². The van der Waals surface area contributed by atoms with Crippen molar-refractivity contribution in [2.45, 2.75) is 19.0 Å². The lowest BCUT2D eigenvalue weighted by Crippen LogP contribution is -2.12. The van der Waals surface area contributed by atoms with Crippen LogP contribution in [0.5, 0.6) is 5.75 Å². The molecule has 1 heterocycles. The lowest BCUT2D eigenvalue weighted by atomic mass is 10.1. The lowest BCUT2D eigenvalue weighted by molar-refractivity contribution is -0.143. The SMILES string of the molecule is FC(F)(F)c1cc(COc2ccsc2)cc(C(F)(F)F)c1. The third-order valence-corrected chi connectivity index (χ3v) is 3.21. The Morgan fingerprint density at radius 1 is 0.905 bits per heavy atom. The first-order valence-electron chi connectivity index (χ1n) is 5.59. The summed E-state index contributed by atoms with van der Waals surface area (Å²) in [6.07, 6.45) is -9.70. The molecular formula is C13H8F6OS. The van der Waals surface area contributed by atoms with Crippen molar-refractivity contribution in [1.29, 1.82) is 0 Å². The molecule has 1 nitrogen and oxygen atoms in total. The Morgan fingerprint density at radius 3 is 1.90 bits per heavy atom. The molecule has 8 heteroatoms. The Kier molecular flexibility index (Phi) is 4.18. The van der Waals surface area contributed by atoms with Crippen LogP contribution in [-0.4, -0.2) is 0 Å². The molecule has 0 unspecified atom stereocenters. The van der Waals surface area contributed by atoms with Gasteiger partial charge in [-0.25, -0.2) is 0 Å². The zero-order valence-corrected chi connectivity index (χ0v) is 11.1. The zero-order chi connectivity index (χ0) is 15.7. The van der Waals surface area contributed by atoms with Gasteiger partial charge in [0.25, 0.3) is 0 Å². The molecule has 0 saturated carbocycles. The number of benzene rings is 1. The van der Waals surface area contributed by atoms with Gasteiger partial charge in [-0.05, 0) is 35.2 Å². The molecule has 2 aromatic rings. The fourth-order valence-electron chi connectivity index (χ4n) is 1.60. The average Bonchev–Trinajstić information content (AvgIpc) is 2.87. The molecule has 1 aromatic carbocycles. The zero-order valence-electron chi connectivity index (χ0n) is 10.3. The first kappa shape index (κ1) is 15.7. The molecule has 2 rings (SSSR count). The van der Waals surface area contributed by atoms with E-state index in [1.54, 1.807) is 16.8 Å². The molecule has 0 amide bonds. The van der Waals surface area contributed by atoms with E-state index in [1.165, 1.54) is 11.3 Å². The third kappa shape index (κ3) is 4.13. The van der Waals surface area contributed by atoms with Crippen LogP contribution in [0.2, 0.25) is 0 Å². The molecule has 0 atom stereocenters. The quantitative estimate of drug-likeness (QED) is 0.690. The van der Waals surface area contributed by atoms with E-state index in [0.29, 0.717) is 17.9 Å². The van der Waals surface area contributed by atoms with Crippen LogP contribution in [0.25, 0.3) is 0 Å². The normalized spacial score (nSPS) is 12.5. The number of thiophene rings is 1. The van der Waals surface area contributed by atoms with Crippen molar-refractivity contribution >= 4 is 11.3 Å².